The van der Waals surface area contributed by atoms with E-state index in [1.54, 1.807) is 7.11 Å². The van der Waals surface area contributed by atoms with Crippen LogP contribution in [0.15, 0.2) is 24.4 Å². The monoisotopic (exact) mass is 303 g/mol. The Morgan fingerprint density at radius 2 is 2.18 bits per heavy atom. The van der Waals surface area contributed by atoms with E-state index in [4.69, 9.17) is 4.74 Å². The molecule has 1 unspecified atom stereocenters. The van der Waals surface area contributed by atoms with Crippen LogP contribution in [0.3, 0.4) is 0 Å². The van der Waals surface area contributed by atoms with Gasteiger partial charge < -0.3 is 9.72 Å². The van der Waals surface area contributed by atoms with E-state index in [0.29, 0.717) is 0 Å². The molecule has 2 rings (SSSR count). The lowest BCUT2D eigenvalue weighted by molar-refractivity contribution is 0.0860. The molecule has 1 aliphatic carbocycles. The zero-order valence-corrected chi connectivity index (χ0v) is 14.8. The number of nitrogens with one attached hydrogen (secondary N) is 1. The number of aromatic amines is 1. The highest BCUT2D eigenvalue weighted by atomic mass is 16.5. The molecule has 1 aromatic rings. The van der Waals surface area contributed by atoms with Crippen molar-refractivity contribution in [1.29, 1.82) is 0 Å². The van der Waals surface area contributed by atoms with Gasteiger partial charge >= 0.3 is 0 Å². The van der Waals surface area contributed by atoms with Crippen LogP contribution in [0.2, 0.25) is 0 Å². The van der Waals surface area contributed by atoms with Crippen LogP contribution in [-0.4, -0.2) is 18.7 Å². The summed E-state index contributed by atoms with van der Waals surface area (Å²) in [5.74, 6) is 0. The summed E-state index contributed by atoms with van der Waals surface area (Å²) in [6.07, 6.45) is 13.9. The number of H-pyrrole nitrogens is 1. The van der Waals surface area contributed by atoms with Crippen LogP contribution in [-0.2, 0) is 4.74 Å². The average molecular weight is 303 g/mol. The molecule has 0 saturated carbocycles. The predicted octanol–water partition coefficient (Wildman–Crippen LogP) is 4.27. The van der Waals surface area contributed by atoms with E-state index in [0.717, 1.165) is 30.0 Å². The van der Waals surface area contributed by atoms with E-state index in [1.165, 1.54) is 17.6 Å². The fourth-order valence-electron chi connectivity index (χ4n) is 2.83. The van der Waals surface area contributed by atoms with E-state index >= 15 is 0 Å². The third-order valence-corrected chi connectivity index (χ3v) is 4.16. The molecule has 0 amide bonds. The van der Waals surface area contributed by atoms with E-state index in [9.17, 15) is 0 Å². The van der Waals surface area contributed by atoms with Crippen LogP contribution in [0, 0.1) is 5.41 Å². The molecule has 0 fully saturated rings. The van der Waals surface area contributed by atoms with E-state index in [2.05, 4.69) is 36.8 Å². The van der Waals surface area contributed by atoms with Crippen molar-refractivity contribution >= 4 is 18.2 Å². The molecule has 1 atom stereocenters. The van der Waals surface area contributed by atoms with Gasteiger partial charge in [0.1, 0.15) is 0 Å². The maximum atomic E-state index is 5.34. The summed E-state index contributed by atoms with van der Waals surface area (Å²) >= 11 is 0. The van der Waals surface area contributed by atoms with Gasteiger partial charge in [0.05, 0.1) is 6.61 Å². The summed E-state index contributed by atoms with van der Waals surface area (Å²) < 4.78 is 5.34. The molecule has 0 saturated heterocycles. The van der Waals surface area contributed by atoms with E-state index < -0.39 is 0 Å². The average Bonchev–Trinajstić information content (AvgIpc) is 2.89. The molecular weight excluding hydrogens is 270 g/mol. The maximum absolute atomic E-state index is 5.34. The van der Waals surface area contributed by atoms with Crippen molar-refractivity contribution in [2.75, 3.05) is 13.7 Å². The zero-order chi connectivity index (χ0) is 16.6. The van der Waals surface area contributed by atoms with Crippen molar-refractivity contribution < 1.29 is 6.16 Å². The van der Waals surface area contributed by atoms with Crippen molar-refractivity contribution in [3.8, 4) is 0 Å². The number of allylic oxidation sites excluding steroid dienone is 4. The second kappa shape index (κ2) is 8.79. The van der Waals surface area contributed by atoms with Crippen molar-refractivity contribution in [3.05, 3.63) is 40.6 Å². The fraction of sp³-hybridized carbons (Fsp3) is 0.500. The first-order valence-electron chi connectivity index (χ1n) is 8.27. The fourth-order valence-corrected chi connectivity index (χ4v) is 2.83. The van der Waals surface area contributed by atoms with Crippen LogP contribution >= 0.6 is 0 Å². The molecule has 124 valence electrons. The highest BCUT2D eigenvalue weighted by Crippen LogP contribution is 2.37. The van der Waals surface area contributed by atoms with Crippen LogP contribution < -0.4 is 10.6 Å². The van der Waals surface area contributed by atoms with Gasteiger partial charge in [-0.15, -0.1) is 0 Å². The summed E-state index contributed by atoms with van der Waals surface area (Å²) in [5.41, 5.74) is 2.97. The maximum Gasteiger partial charge on any atom is 0.0519 e. The van der Waals surface area contributed by atoms with Crippen molar-refractivity contribution in [1.82, 2.24) is 4.98 Å². The minimum absolute atomic E-state index is 0. The number of methoxy groups -OCH3 is 1. The normalized spacial score (nSPS) is 22.4. The SMILES string of the molecule is C=c1c(C2=CCC(C)(COC)CC2)c[nH]/c1=C/C=C\C.CC.[HH]. The molecule has 1 aliphatic rings. The molecule has 1 heterocycles. The molecule has 0 radical (unpaired) electrons. The van der Waals surface area contributed by atoms with Gasteiger partial charge in [-0.2, -0.15) is 0 Å². The van der Waals surface area contributed by atoms with Crippen molar-refractivity contribution in [2.24, 2.45) is 5.41 Å². The second-order valence-corrected chi connectivity index (χ2v) is 5.96. The van der Waals surface area contributed by atoms with Crippen molar-refractivity contribution in [2.45, 2.75) is 47.0 Å². The first-order chi connectivity index (χ1) is 10.6. The quantitative estimate of drug-likeness (QED) is 0.882. The van der Waals surface area contributed by atoms with Gasteiger partial charge in [-0.25, -0.2) is 0 Å². The Hall–Kier alpha value is -1.54. The molecule has 2 heteroatoms. The molecule has 22 heavy (non-hydrogen) atoms. The third-order valence-electron chi connectivity index (χ3n) is 4.16. The van der Waals surface area contributed by atoms with Gasteiger partial charge in [-0.3, -0.25) is 0 Å². The smallest absolute Gasteiger partial charge is 0.0519 e. The van der Waals surface area contributed by atoms with Crippen LogP contribution in [0.25, 0.3) is 18.2 Å². The lowest BCUT2D eigenvalue weighted by Gasteiger charge is -2.32. The summed E-state index contributed by atoms with van der Waals surface area (Å²) in [6.45, 7) is 13.4. The lowest BCUT2D eigenvalue weighted by Crippen LogP contribution is -2.26. The molecule has 2 nitrogen and oxygen atoms in total. The first-order valence-corrected chi connectivity index (χ1v) is 8.27. The highest BCUT2D eigenvalue weighted by Gasteiger charge is 2.27. The molecular formula is C20H33NO. The first kappa shape index (κ1) is 18.5. The Bertz CT molecular complexity index is 627. The van der Waals surface area contributed by atoms with Crippen LogP contribution in [0.4, 0.5) is 0 Å². The Balaban J connectivity index is 0.00000155. The van der Waals surface area contributed by atoms with Gasteiger partial charge in [0.15, 0.2) is 0 Å². The molecule has 1 N–H and O–H groups in total. The minimum Gasteiger partial charge on any atom is -0.384 e. The molecule has 0 aromatic carbocycles. The van der Waals surface area contributed by atoms with Gasteiger partial charge in [0.2, 0.25) is 0 Å². The molecule has 1 aromatic heterocycles. The van der Waals surface area contributed by atoms with Crippen molar-refractivity contribution in [3.63, 3.8) is 0 Å². The van der Waals surface area contributed by atoms with Crippen LogP contribution in [0.1, 0.15) is 53.9 Å². The number of aromatic nitrogens is 1. The van der Waals surface area contributed by atoms with Gasteiger partial charge in [-0.1, -0.05) is 45.6 Å². The lowest BCUT2D eigenvalue weighted by atomic mass is 9.76. The number of ether oxygens (including phenoxy) is 1. The number of hydrogen-bond donors (Lipinski definition) is 1. The summed E-state index contributed by atoms with van der Waals surface area (Å²) in [4.78, 5) is 3.32. The molecule has 0 bridgehead atoms. The van der Waals surface area contributed by atoms with Gasteiger partial charge in [0, 0.05) is 25.6 Å². The standard InChI is InChI=1S/C18H25NO.C2H6.H2/c1-5-6-7-17-14(2)16(12-19-17)15-8-10-18(3,11-9-15)13-20-4;1-2;/h5-8,12,19H,2,9-11,13H2,1,3-4H3;1-2H3;1H/b6-5-,17-7+;;. The Morgan fingerprint density at radius 3 is 2.73 bits per heavy atom. The largest absolute Gasteiger partial charge is 0.384 e. The Morgan fingerprint density at radius 1 is 1.45 bits per heavy atom. The summed E-state index contributed by atoms with van der Waals surface area (Å²) in [5, 5.41) is 2.20. The summed E-state index contributed by atoms with van der Waals surface area (Å²) in [7, 11) is 1.79. The van der Waals surface area contributed by atoms with E-state index in [1.807, 2.05) is 32.9 Å². The van der Waals surface area contributed by atoms with Crippen LogP contribution in [0.5, 0.6) is 0 Å². The zero-order valence-electron chi connectivity index (χ0n) is 14.8. The minimum atomic E-state index is 0. The number of rotatable bonds is 4. The van der Waals surface area contributed by atoms with E-state index in [-0.39, 0.29) is 6.84 Å². The Kier molecular flexibility index (Phi) is 7.40. The van der Waals surface area contributed by atoms with Gasteiger partial charge in [0.25, 0.3) is 0 Å². The molecule has 0 aliphatic heterocycles. The highest BCUT2D eigenvalue weighted by molar-refractivity contribution is 5.67. The molecule has 0 spiro atoms. The summed E-state index contributed by atoms with van der Waals surface area (Å²) in [6, 6.07) is 0. The third kappa shape index (κ3) is 4.48. The number of hydrogen-bond acceptors (Lipinski definition) is 1. The van der Waals surface area contributed by atoms with Gasteiger partial charge in [-0.05, 0) is 48.5 Å². The Labute approximate surface area is 136 Å². The second-order valence-electron chi connectivity index (χ2n) is 5.96. The predicted molar refractivity (Wildman–Crippen MR) is 100 cm³/mol. The topological polar surface area (TPSA) is 25.0 Å².